The predicted molar refractivity (Wildman–Crippen MR) is 60.9 cm³/mol. The number of imidazole rings is 1. The maximum atomic E-state index is 13.4. The summed E-state index contributed by atoms with van der Waals surface area (Å²) in [5.41, 5.74) is 8.08. The van der Waals surface area contributed by atoms with Crippen molar-refractivity contribution in [3.05, 3.63) is 47.8 Å². The van der Waals surface area contributed by atoms with Crippen LogP contribution in [0.25, 0.3) is 5.69 Å². The van der Waals surface area contributed by atoms with Gasteiger partial charge in [-0.25, -0.2) is 9.37 Å². The van der Waals surface area contributed by atoms with Gasteiger partial charge in [0.25, 0.3) is 0 Å². The zero-order valence-electron chi connectivity index (χ0n) is 9.31. The maximum Gasteiger partial charge on any atom is 0.128 e. The molecule has 1 atom stereocenters. The lowest BCUT2D eigenvalue weighted by Gasteiger charge is -2.13. The van der Waals surface area contributed by atoms with E-state index in [0.717, 1.165) is 11.4 Å². The minimum atomic E-state index is -0.221. The van der Waals surface area contributed by atoms with Crippen LogP contribution in [0.1, 0.15) is 24.2 Å². The van der Waals surface area contributed by atoms with Crippen molar-refractivity contribution in [3.8, 4) is 5.69 Å². The normalized spacial score (nSPS) is 12.8. The molecule has 4 heteroatoms. The summed E-state index contributed by atoms with van der Waals surface area (Å²) >= 11 is 0. The Bertz CT molecular complexity index is 503. The molecule has 0 aliphatic rings. The molecule has 0 fully saturated rings. The van der Waals surface area contributed by atoms with E-state index in [0.29, 0.717) is 5.56 Å². The summed E-state index contributed by atoms with van der Waals surface area (Å²) in [7, 11) is 0. The minimum absolute atomic E-state index is 0.134. The molecule has 3 nitrogen and oxygen atoms in total. The number of hydrogen-bond donors (Lipinski definition) is 1. The van der Waals surface area contributed by atoms with E-state index < -0.39 is 0 Å². The Labute approximate surface area is 93.7 Å². The van der Waals surface area contributed by atoms with Crippen molar-refractivity contribution in [2.45, 2.75) is 19.9 Å². The molecule has 1 aromatic heterocycles. The van der Waals surface area contributed by atoms with E-state index in [2.05, 4.69) is 4.98 Å². The first-order valence-electron chi connectivity index (χ1n) is 5.14. The van der Waals surface area contributed by atoms with Crippen molar-refractivity contribution < 1.29 is 4.39 Å². The maximum absolute atomic E-state index is 13.4. The van der Waals surface area contributed by atoms with Gasteiger partial charge in [0.2, 0.25) is 0 Å². The molecular weight excluding hydrogens is 205 g/mol. The topological polar surface area (TPSA) is 43.8 Å². The molecule has 0 aliphatic heterocycles. The van der Waals surface area contributed by atoms with Crippen LogP contribution in [0.15, 0.2) is 30.7 Å². The Balaban J connectivity index is 2.59. The molecule has 0 amide bonds. The van der Waals surface area contributed by atoms with Crippen LogP contribution < -0.4 is 5.73 Å². The summed E-state index contributed by atoms with van der Waals surface area (Å²) in [5, 5.41) is 0. The van der Waals surface area contributed by atoms with Crippen molar-refractivity contribution in [1.82, 2.24) is 9.55 Å². The molecule has 0 saturated heterocycles. The highest BCUT2D eigenvalue weighted by molar-refractivity contribution is 5.42. The first-order valence-corrected chi connectivity index (χ1v) is 5.14. The van der Waals surface area contributed by atoms with Crippen LogP contribution in [0.3, 0.4) is 0 Å². The van der Waals surface area contributed by atoms with E-state index >= 15 is 0 Å². The molecule has 2 aromatic rings. The van der Waals surface area contributed by atoms with Crippen LogP contribution in [0.5, 0.6) is 0 Å². The van der Waals surface area contributed by atoms with E-state index in [1.165, 1.54) is 6.07 Å². The highest BCUT2D eigenvalue weighted by Gasteiger charge is 2.11. The fraction of sp³-hybridized carbons (Fsp3) is 0.250. The lowest BCUT2D eigenvalue weighted by atomic mass is 10.1. The summed E-state index contributed by atoms with van der Waals surface area (Å²) in [6, 6.07) is 4.85. The van der Waals surface area contributed by atoms with Crippen molar-refractivity contribution in [1.29, 1.82) is 0 Å². The predicted octanol–water partition coefficient (Wildman–Crippen LogP) is 2.34. The zero-order chi connectivity index (χ0) is 11.7. The summed E-state index contributed by atoms with van der Waals surface area (Å²) in [4.78, 5) is 4.05. The van der Waals surface area contributed by atoms with Gasteiger partial charge in [0.15, 0.2) is 0 Å². The van der Waals surface area contributed by atoms with Crippen LogP contribution in [-0.4, -0.2) is 9.55 Å². The third kappa shape index (κ3) is 1.72. The van der Waals surface area contributed by atoms with E-state index in [1.54, 1.807) is 25.5 Å². The molecule has 0 saturated carbocycles. The van der Waals surface area contributed by atoms with Gasteiger partial charge in [-0.1, -0.05) is 6.07 Å². The molecule has 16 heavy (non-hydrogen) atoms. The lowest BCUT2D eigenvalue weighted by molar-refractivity contribution is 0.615. The average molecular weight is 219 g/mol. The Kier molecular flexibility index (Phi) is 2.75. The third-order valence-electron chi connectivity index (χ3n) is 2.63. The van der Waals surface area contributed by atoms with Gasteiger partial charge in [-0.2, -0.15) is 0 Å². The SMILES string of the molecule is Cc1c(F)cccc1-n1cncc1[C@H](C)N. The quantitative estimate of drug-likeness (QED) is 0.842. The van der Waals surface area contributed by atoms with E-state index in [1.807, 2.05) is 17.6 Å². The molecule has 0 unspecified atom stereocenters. The summed E-state index contributed by atoms with van der Waals surface area (Å²) in [6.07, 6.45) is 3.36. The molecule has 0 radical (unpaired) electrons. The van der Waals surface area contributed by atoms with Crippen LogP contribution in [0.2, 0.25) is 0 Å². The van der Waals surface area contributed by atoms with Crippen LogP contribution in [0, 0.1) is 12.7 Å². The van der Waals surface area contributed by atoms with Crippen LogP contribution in [0.4, 0.5) is 4.39 Å². The van der Waals surface area contributed by atoms with Gasteiger partial charge >= 0.3 is 0 Å². The number of hydrogen-bond acceptors (Lipinski definition) is 2. The third-order valence-corrected chi connectivity index (χ3v) is 2.63. The van der Waals surface area contributed by atoms with Crippen molar-refractivity contribution in [2.24, 2.45) is 5.73 Å². The molecule has 1 heterocycles. The Hall–Kier alpha value is -1.68. The highest BCUT2D eigenvalue weighted by atomic mass is 19.1. The van der Waals surface area contributed by atoms with E-state index in [-0.39, 0.29) is 11.9 Å². The van der Waals surface area contributed by atoms with Gasteiger partial charge < -0.3 is 10.3 Å². The number of nitrogens with zero attached hydrogens (tertiary/aromatic N) is 2. The molecule has 0 bridgehead atoms. The molecule has 2 N–H and O–H groups in total. The first kappa shape index (κ1) is 10.8. The average Bonchev–Trinajstić information content (AvgIpc) is 2.70. The van der Waals surface area contributed by atoms with E-state index in [4.69, 9.17) is 5.73 Å². The fourth-order valence-corrected chi connectivity index (χ4v) is 1.70. The fourth-order valence-electron chi connectivity index (χ4n) is 1.70. The van der Waals surface area contributed by atoms with Gasteiger partial charge in [0.05, 0.1) is 23.9 Å². The van der Waals surface area contributed by atoms with Gasteiger partial charge in [0, 0.05) is 11.6 Å². The molecule has 84 valence electrons. The number of nitrogens with two attached hydrogens (primary N) is 1. The second kappa shape index (κ2) is 4.06. The van der Waals surface area contributed by atoms with Crippen LogP contribution in [-0.2, 0) is 0 Å². The number of halogens is 1. The van der Waals surface area contributed by atoms with Crippen molar-refractivity contribution in [3.63, 3.8) is 0 Å². The first-order chi connectivity index (χ1) is 7.61. The number of rotatable bonds is 2. The van der Waals surface area contributed by atoms with Gasteiger partial charge in [-0.3, -0.25) is 0 Å². The van der Waals surface area contributed by atoms with Gasteiger partial charge in [-0.15, -0.1) is 0 Å². The second-order valence-corrected chi connectivity index (χ2v) is 3.86. The Morgan fingerprint density at radius 2 is 2.19 bits per heavy atom. The summed E-state index contributed by atoms with van der Waals surface area (Å²) in [5.74, 6) is -0.221. The molecule has 1 aromatic carbocycles. The zero-order valence-corrected chi connectivity index (χ0v) is 9.31. The number of aromatic nitrogens is 2. The second-order valence-electron chi connectivity index (χ2n) is 3.86. The van der Waals surface area contributed by atoms with Crippen molar-refractivity contribution in [2.75, 3.05) is 0 Å². The van der Waals surface area contributed by atoms with E-state index in [9.17, 15) is 4.39 Å². The smallest absolute Gasteiger partial charge is 0.128 e. The van der Waals surface area contributed by atoms with Gasteiger partial charge in [-0.05, 0) is 26.0 Å². The standard InChI is InChI=1S/C12H14FN3/c1-8-10(13)4-3-5-11(8)16-7-15-6-12(16)9(2)14/h3-7,9H,14H2,1-2H3/t9-/m0/s1. The van der Waals surface area contributed by atoms with Gasteiger partial charge in [0.1, 0.15) is 5.82 Å². The monoisotopic (exact) mass is 219 g/mol. The summed E-state index contributed by atoms with van der Waals surface area (Å²) < 4.78 is 15.3. The molecule has 0 spiro atoms. The Morgan fingerprint density at radius 1 is 1.44 bits per heavy atom. The Morgan fingerprint density at radius 3 is 2.88 bits per heavy atom. The van der Waals surface area contributed by atoms with Crippen molar-refractivity contribution >= 4 is 0 Å². The lowest BCUT2D eigenvalue weighted by Crippen LogP contribution is -2.11. The molecule has 0 aliphatic carbocycles. The molecule has 2 rings (SSSR count). The summed E-state index contributed by atoms with van der Waals surface area (Å²) in [6.45, 7) is 3.62. The highest BCUT2D eigenvalue weighted by Crippen LogP contribution is 2.20. The molecular formula is C12H14FN3. The largest absolute Gasteiger partial charge is 0.323 e. The minimum Gasteiger partial charge on any atom is -0.323 e. The van der Waals surface area contributed by atoms with Crippen LogP contribution >= 0.6 is 0 Å². The number of benzene rings is 1.